The van der Waals surface area contributed by atoms with Crippen molar-refractivity contribution in [1.82, 2.24) is 9.97 Å². The molecular weight excluding hydrogens is 460 g/mol. The van der Waals surface area contributed by atoms with E-state index in [0.29, 0.717) is 0 Å². The van der Waals surface area contributed by atoms with Gasteiger partial charge in [0.1, 0.15) is 0 Å². The number of nitrogens with zero attached hydrogens (tertiary/aromatic N) is 2. The summed E-state index contributed by atoms with van der Waals surface area (Å²) >= 11 is 0. The van der Waals surface area contributed by atoms with Gasteiger partial charge >= 0.3 is 0 Å². The maximum absolute atomic E-state index is 5.14. The molecule has 0 saturated carbocycles. The third-order valence-corrected chi connectivity index (χ3v) is 7.64. The van der Waals surface area contributed by atoms with Crippen molar-refractivity contribution in [3.05, 3.63) is 133 Å². The first-order chi connectivity index (χ1) is 18.8. The standard InChI is InChI=1S/C36H22N2/c1-3-10-24(11-4-1)30-22-31(25-12-5-2-6-13-25)28-19-21-33-35-32(20-18-27(30)34(28)35)37-36(38-33)29-17-9-15-23-14-7-8-16-26(23)29/h1-22H. The highest BCUT2D eigenvalue weighted by atomic mass is 14.9. The summed E-state index contributed by atoms with van der Waals surface area (Å²) in [7, 11) is 0. The van der Waals surface area contributed by atoms with Gasteiger partial charge in [-0.05, 0) is 62.0 Å². The van der Waals surface area contributed by atoms with Gasteiger partial charge in [-0.3, -0.25) is 0 Å². The Morgan fingerprint density at radius 2 is 0.921 bits per heavy atom. The van der Waals surface area contributed by atoms with Crippen molar-refractivity contribution in [2.45, 2.75) is 0 Å². The molecule has 176 valence electrons. The summed E-state index contributed by atoms with van der Waals surface area (Å²) in [5.41, 5.74) is 7.87. The van der Waals surface area contributed by atoms with E-state index in [1.54, 1.807) is 0 Å². The molecule has 0 saturated heterocycles. The second kappa shape index (κ2) is 8.22. The van der Waals surface area contributed by atoms with Crippen molar-refractivity contribution in [3.63, 3.8) is 0 Å². The van der Waals surface area contributed by atoms with Crippen LogP contribution in [0.25, 0.3) is 77.0 Å². The highest BCUT2D eigenvalue weighted by Gasteiger charge is 2.19. The monoisotopic (exact) mass is 482 g/mol. The zero-order valence-corrected chi connectivity index (χ0v) is 20.6. The molecule has 0 aliphatic heterocycles. The van der Waals surface area contributed by atoms with Gasteiger partial charge in [0.15, 0.2) is 5.82 Å². The number of hydrogen-bond acceptors (Lipinski definition) is 2. The smallest absolute Gasteiger partial charge is 0.161 e. The summed E-state index contributed by atoms with van der Waals surface area (Å²) in [5, 5.41) is 7.17. The van der Waals surface area contributed by atoms with Gasteiger partial charge in [0.05, 0.1) is 11.0 Å². The summed E-state index contributed by atoms with van der Waals surface area (Å²) < 4.78 is 0. The number of benzene rings is 7. The molecule has 1 heterocycles. The quantitative estimate of drug-likeness (QED) is 0.234. The van der Waals surface area contributed by atoms with Crippen LogP contribution in [-0.2, 0) is 0 Å². The van der Waals surface area contributed by atoms with Gasteiger partial charge in [0, 0.05) is 16.3 Å². The van der Waals surface area contributed by atoms with Crippen LogP contribution >= 0.6 is 0 Å². The van der Waals surface area contributed by atoms with E-state index in [4.69, 9.17) is 9.97 Å². The average molecular weight is 483 g/mol. The van der Waals surface area contributed by atoms with Crippen molar-refractivity contribution < 1.29 is 0 Å². The van der Waals surface area contributed by atoms with Crippen LogP contribution in [0.4, 0.5) is 0 Å². The summed E-state index contributed by atoms with van der Waals surface area (Å²) in [5.74, 6) is 0.763. The molecule has 0 N–H and O–H groups in total. The van der Waals surface area contributed by atoms with Crippen molar-refractivity contribution in [2.75, 3.05) is 0 Å². The van der Waals surface area contributed by atoms with Crippen LogP contribution in [0.1, 0.15) is 0 Å². The Labute approximate surface area is 220 Å². The molecule has 0 atom stereocenters. The average Bonchev–Trinajstić information content (AvgIpc) is 3.00. The van der Waals surface area contributed by atoms with E-state index in [1.165, 1.54) is 49.2 Å². The summed E-state index contributed by atoms with van der Waals surface area (Å²) in [4.78, 5) is 10.3. The van der Waals surface area contributed by atoms with Gasteiger partial charge in [0.25, 0.3) is 0 Å². The second-order valence-electron chi connectivity index (χ2n) is 9.79. The molecule has 0 radical (unpaired) electrons. The van der Waals surface area contributed by atoms with Crippen LogP contribution in [-0.4, -0.2) is 9.97 Å². The summed E-state index contributed by atoms with van der Waals surface area (Å²) in [6, 6.07) is 47.2. The van der Waals surface area contributed by atoms with Crippen LogP contribution < -0.4 is 0 Å². The number of fused-ring (bicyclic) bond motifs is 1. The Hall–Kier alpha value is -5.08. The number of aromatic nitrogens is 2. The maximum atomic E-state index is 5.14. The predicted molar refractivity (Wildman–Crippen MR) is 160 cm³/mol. The molecule has 7 aromatic carbocycles. The van der Waals surface area contributed by atoms with Gasteiger partial charge in [-0.1, -0.05) is 115 Å². The van der Waals surface area contributed by atoms with Crippen molar-refractivity contribution in [3.8, 4) is 33.6 Å². The fourth-order valence-corrected chi connectivity index (χ4v) is 5.90. The zero-order valence-electron chi connectivity index (χ0n) is 20.6. The zero-order chi connectivity index (χ0) is 25.1. The third kappa shape index (κ3) is 3.14. The third-order valence-electron chi connectivity index (χ3n) is 7.64. The molecule has 0 spiro atoms. The normalized spacial score (nSPS) is 11.7. The molecule has 2 heteroatoms. The molecular formula is C36H22N2. The van der Waals surface area contributed by atoms with E-state index >= 15 is 0 Å². The van der Waals surface area contributed by atoms with Crippen LogP contribution in [0.5, 0.6) is 0 Å². The van der Waals surface area contributed by atoms with E-state index in [2.05, 4.69) is 133 Å². The van der Waals surface area contributed by atoms with Gasteiger partial charge < -0.3 is 0 Å². The molecule has 0 aliphatic carbocycles. The van der Waals surface area contributed by atoms with E-state index < -0.39 is 0 Å². The fraction of sp³-hybridized carbons (Fsp3) is 0. The van der Waals surface area contributed by atoms with Gasteiger partial charge in [-0.15, -0.1) is 0 Å². The Morgan fingerprint density at radius 3 is 1.55 bits per heavy atom. The molecule has 0 unspecified atom stereocenters. The van der Waals surface area contributed by atoms with Crippen molar-refractivity contribution >= 4 is 43.4 Å². The maximum Gasteiger partial charge on any atom is 0.161 e. The molecule has 8 aromatic rings. The largest absolute Gasteiger partial charge is 0.228 e. The highest BCUT2D eigenvalue weighted by molar-refractivity contribution is 6.27. The van der Waals surface area contributed by atoms with Gasteiger partial charge in [-0.25, -0.2) is 9.97 Å². The van der Waals surface area contributed by atoms with Gasteiger partial charge in [0.2, 0.25) is 0 Å². The molecule has 0 bridgehead atoms. The minimum atomic E-state index is 0.763. The Bertz CT molecular complexity index is 2000. The van der Waals surface area contributed by atoms with E-state index in [-0.39, 0.29) is 0 Å². The minimum Gasteiger partial charge on any atom is -0.228 e. The van der Waals surface area contributed by atoms with Crippen molar-refractivity contribution in [1.29, 1.82) is 0 Å². The molecule has 2 nitrogen and oxygen atoms in total. The van der Waals surface area contributed by atoms with Crippen molar-refractivity contribution in [2.24, 2.45) is 0 Å². The lowest BCUT2D eigenvalue weighted by atomic mass is 9.87. The number of hydrogen-bond donors (Lipinski definition) is 0. The molecule has 8 rings (SSSR count). The first-order valence-electron chi connectivity index (χ1n) is 12.9. The lowest BCUT2D eigenvalue weighted by Crippen LogP contribution is -1.96. The van der Waals surface area contributed by atoms with E-state index in [9.17, 15) is 0 Å². The van der Waals surface area contributed by atoms with E-state index in [1.807, 2.05) is 0 Å². The van der Waals surface area contributed by atoms with Crippen LogP contribution in [0.15, 0.2) is 133 Å². The summed E-state index contributed by atoms with van der Waals surface area (Å²) in [6.45, 7) is 0. The second-order valence-corrected chi connectivity index (χ2v) is 9.79. The molecule has 38 heavy (non-hydrogen) atoms. The van der Waals surface area contributed by atoms with Crippen LogP contribution in [0.3, 0.4) is 0 Å². The highest BCUT2D eigenvalue weighted by Crippen LogP contribution is 2.43. The van der Waals surface area contributed by atoms with Gasteiger partial charge in [-0.2, -0.15) is 0 Å². The first kappa shape index (κ1) is 21.0. The van der Waals surface area contributed by atoms with E-state index in [0.717, 1.165) is 27.8 Å². The first-order valence-corrected chi connectivity index (χ1v) is 12.9. The lowest BCUT2D eigenvalue weighted by molar-refractivity contribution is 1.27. The minimum absolute atomic E-state index is 0.763. The lowest BCUT2D eigenvalue weighted by Gasteiger charge is -2.18. The molecule has 1 aromatic heterocycles. The molecule has 0 amide bonds. The fourth-order valence-electron chi connectivity index (χ4n) is 5.90. The Morgan fingerprint density at radius 1 is 0.368 bits per heavy atom. The number of rotatable bonds is 3. The Balaban J connectivity index is 1.48. The van der Waals surface area contributed by atoms with Crippen LogP contribution in [0.2, 0.25) is 0 Å². The molecule has 0 aliphatic rings. The topological polar surface area (TPSA) is 25.8 Å². The van der Waals surface area contributed by atoms with Crippen LogP contribution in [0, 0.1) is 0 Å². The predicted octanol–water partition coefficient (Wildman–Crippen LogP) is 9.53. The summed E-state index contributed by atoms with van der Waals surface area (Å²) in [6.07, 6.45) is 0. The SMILES string of the molecule is c1ccc(-c2cc(-c3ccccc3)c3ccc4nc(-c5cccc6ccccc56)nc5ccc2c3c54)cc1. The Kier molecular flexibility index (Phi) is 4.55. The molecule has 0 fully saturated rings.